The number of methoxy groups -OCH3 is 1. The Morgan fingerprint density at radius 1 is 1.12 bits per heavy atom. The van der Waals surface area contributed by atoms with Crippen LogP contribution in [-0.4, -0.2) is 13.0 Å². The Hall–Kier alpha value is -4.26. The first-order valence-electron chi connectivity index (χ1n) is 10.4. The average molecular weight is 472 g/mol. The van der Waals surface area contributed by atoms with E-state index in [1.165, 1.54) is 13.2 Å². The number of amides is 1. The van der Waals surface area contributed by atoms with Crippen molar-refractivity contribution in [3.63, 3.8) is 0 Å². The number of nitriles is 2. The summed E-state index contributed by atoms with van der Waals surface area (Å²) in [6.07, 6.45) is 1.44. The number of nitrogens with one attached hydrogen (secondary N) is 1. The molecule has 0 aliphatic rings. The van der Waals surface area contributed by atoms with Gasteiger partial charge in [-0.15, -0.1) is 0 Å². The first-order valence-corrected chi connectivity index (χ1v) is 10.8. The monoisotopic (exact) mass is 471 g/mol. The Balaban J connectivity index is 1.81. The summed E-state index contributed by atoms with van der Waals surface area (Å²) in [6.45, 7) is 1.97. The molecule has 3 aromatic carbocycles. The van der Waals surface area contributed by atoms with Crippen LogP contribution in [0.15, 0.2) is 72.3 Å². The quantitative estimate of drug-likeness (QED) is 0.341. The first kappa shape index (κ1) is 24.4. The van der Waals surface area contributed by atoms with E-state index in [0.29, 0.717) is 28.2 Å². The van der Waals surface area contributed by atoms with Crippen LogP contribution in [0.3, 0.4) is 0 Å². The van der Waals surface area contributed by atoms with Gasteiger partial charge in [-0.05, 0) is 42.3 Å². The number of hydrogen-bond acceptors (Lipinski definition) is 5. The standard InChI is InChI=1S/C27H22ClN3O3/c1-18(20-8-4-3-5-9-20)31-27(32)23(16-30)12-19-13-24(28)26(25(14-19)33-2)34-17-22-11-7-6-10-21(22)15-29/h3-14,18H,17H2,1-2H3,(H,31,32)/b23-12-/t18-/m0/s1. The third-order valence-electron chi connectivity index (χ3n) is 5.08. The zero-order chi connectivity index (χ0) is 24.5. The van der Waals surface area contributed by atoms with E-state index >= 15 is 0 Å². The van der Waals surface area contributed by atoms with Crippen LogP contribution in [0.1, 0.15) is 35.2 Å². The molecule has 0 unspecified atom stereocenters. The van der Waals surface area contributed by atoms with Crippen LogP contribution in [-0.2, 0) is 11.4 Å². The Kier molecular flexibility index (Phi) is 8.29. The predicted octanol–water partition coefficient (Wildman–Crippen LogP) is 5.58. The molecular weight excluding hydrogens is 450 g/mol. The van der Waals surface area contributed by atoms with Gasteiger partial charge in [-0.2, -0.15) is 10.5 Å². The van der Waals surface area contributed by atoms with Gasteiger partial charge in [0.2, 0.25) is 0 Å². The summed E-state index contributed by atoms with van der Waals surface area (Å²) >= 11 is 6.44. The van der Waals surface area contributed by atoms with E-state index < -0.39 is 5.91 Å². The van der Waals surface area contributed by atoms with Gasteiger partial charge in [0, 0.05) is 5.56 Å². The molecule has 3 aromatic rings. The van der Waals surface area contributed by atoms with Crippen LogP contribution < -0.4 is 14.8 Å². The van der Waals surface area contributed by atoms with Crippen molar-refractivity contribution in [1.82, 2.24) is 5.32 Å². The van der Waals surface area contributed by atoms with Gasteiger partial charge in [0.25, 0.3) is 5.91 Å². The maximum atomic E-state index is 12.7. The highest BCUT2D eigenvalue weighted by molar-refractivity contribution is 6.32. The second-order valence-electron chi connectivity index (χ2n) is 7.37. The molecule has 6 nitrogen and oxygen atoms in total. The number of benzene rings is 3. The van der Waals surface area contributed by atoms with Crippen molar-refractivity contribution < 1.29 is 14.3 Å². The second-order valence-corrected chi connectivity index (χ2v) is 7.77. The molecule has 0 aromatic heterocycles. The maximum absolute atomic E-state index is 12.7. The molecule has 0 fully saturated rings. The summed E-state index contributed by atoms with van der Waals surface area (Å²) < 4.78 is 11.3. The van der Waals surface area contributed by atoms with E-state index in [0.717, 1.165) is 5.56 Å². The van der Waals surface area contributed by atoms with Crippen molar-refractivity contribution in [2.45, 2.75) is 19.6 Å². The fourth-order valence-electron chi connectivity index (χ4n) is 3.28. The zero-order valence-electron chi connectivity index (χ0n) is 18.7. The predicted molar refractivity (Wildman–Crippen MR) is 130 cm³/mol. The molecule has 0 radical (unpaired) electrons. The van der Waals surface area contributed by atoms with Crippen molar-refractivity contribution in [1.29, 1.82) is 10.5 Å². The number of ether oxygens (including phenoxy) is 2. The minimum absolute atomic E-state index is 0.0717. The van der Waals surface area contributed by atoms with Crippen molar-refractivity contribution >= 4 is 23.6 Å². The van der Waals surface area contributed by atoms with E-state index in [-0.39, 0.29) is 23.2 Å². The van der Waals surface area contributed by atoms with E-state index in [4.69, 9.17) is 21.1 Å². The van der Waals surface area contributed by atoms with Gasteiger partial charge in [0.05, 0.1) is 29.8 Å². The fourth-order valence-corrected chi connectivity index (χ4v) is 3.56. The Labute approximate surface area is 203 Å². The molecule has 1 N–H and O–H groups in total. The van der Waals surface area contributed by atoms with Crippen molar-refractivity contribution in [2.24, 2.45) is 0 Å². The molecule has 0 bridgehead atoms. The van der Waals surface area contributed by atoms with Crippen molar-refractivity contribution in [3.8, 4) is 23.6 Å². The molecule has 1 amide bonds. The van der Waals surface area contributed by atoms with E-state index in [9.17, 15) is 15.3 Å². The van der Waals surface area contributed by atoms with Crippen LogP contribution in [0, 0.1) is 22.7 Å². The number of rotatable bonds is 8. The minimum atomic E-state index is -0.498. The SMILES string of the molecule is COc1cc(/C=C(/C#N)C(=O)N[C@@H](C)c2ccccc2)cc(Cl)c1OCc1ccccc1C#N. The number of carbonyl (C=O) groups excluding carboxylic acids is 1. The van der Waals surface area contributed by atoms with Gasteiger partial charge in [0.15, 0.2) is 11.5 Å². The molecule has 0 aliphatic carbocycles. The molecule has 170 valence electrons. The Bertz CT molecular complexity index is 1290. The van der Waals surface area contributed by atoms with Crippen LogP contribution in [0.5, 0.6) is 11.5 Å². The molecule has 1 atom stereocenters. The summed E-state index contributed by atoms with van der Waals surface area (Å²) in [6, 6.07) is 23.6. The Morgan fingerprint density at radius 3 is 2.50 bits per heavy atom. The molecule has 0 saturated heterocycles. The fraction of sp³-hybridized carbons (Fsp3) is 0.148. The molecule has 3 rings (SSSR count). The minimum Gasteiger partial charge on any atom is -0.493 e. The van der Waals surface area contributed by atoms with Crippen LogP contribution in [0.4, 0.5) is 0 Å². The Morgan fingerprint density at radius 2 is 1.82 bits per heavy atom. The van der Waals surface area contributed by atoms with E-state index in [2.05, 4.69) is 11.4 Å². The summed E-state index contributed by atoms with van der Waals surface area (Å²) in [5.74, 6) is 0.139. The zero-order valence-corrected chi connectivity index (χ0v) is 19.5. The number of nitrogens with zero attached hydrogens (tertiary/aromatic N) is 2. The van der Waals surface area contributed by atoms with Crippen LogP contribution >= 0.6 is 11.6 Å². The lowest BCUT2D eigenvalue weighted by atomic mass is 10.1. The van der Waals surface area contributed by atoms with E-state index in [1.54, 1.807) is 30.3 Å². The van der Waals surface area contributed by atoms with Gasteiger partial charge in [-0.25, -0.2) is 0 Å². The number of carbonyl (C=O) groups is 1. The summed E-state index contributed by atoms with van der Waals surface area (Å²) in [4.78, 5) is 12.7. The lowest BCUT2D eigenvalue weighted by molar-refractivity contribution is -0.117. The normalized spacial score (nSPS) is 11.6. The molecule has 7 heteroatoms. The largest absolute Gasteiger partial charge is 0.493 e. The summed E-state index contributed by atoms with van der Waals surface area (Å²) in [5.41, 5.74) is 2.58. The number of halogens is 1. The molecule has 0 aliphatic heterocycles. The van der Waals surface area contributed by atoms with Crippen LogP contribution in [0.2, 0.25) is 5.02 Å². The third-order valence-corrected chi connectivity index (χ3v) is 5.37. The smallest absolute Gasteiger partial charge is 0.262 e. The topological polar surface area (TPSA) is 95.1 Å². The molecule has 0 spiro atoms. The molecule has 0 heterocycles. The molecular formula is C27H22ClN3O3. The maximum Gasteiger partial charge on any atom is 0.262 e. The highest BCUT2D eigenvalue weighted by atomic mass is 35.5. The molecule has 0 saturated carbocycles. The average Bonchev–Trinajstić information content (AvgIpc) is 2.86. The highest BCUT2D eigenvalue weighted by Crippen LogP contribution is 2.37. The number of hydrogen-bond donors (Lipinski definition) is 1. The van der Waals surface area contributed by atoms with E-state index in [1.807, 2.05) is 49.4 Å². The first-order chi connectivity index (χ1) is 16.5. The second kappa shape index (κ2) is 11.6. The van der Waals surface area contributed by atoms with Gasteiger partial charge in [-0.1, -0.05) is 60.1 Å². The lowest BCUT2D eigenvalue weighted by Crippen LogP contribution is -2.27. The summed E-state index contributed by atoms with van der Waals surface area (Å²) in [7, 11) is 1.47. The van der Waals surface area contributed by atoms with Crippen molar-refractivity contribution in [3.05, 3.63) is 99.6 Å². The van der Waals surface area contributed by atoms with Gasteiger partial charge in [-0.3, -0.25) is 4.79 Å². The molecule has 34 heavy (non-hydrogen) atoms. The van der Waals surface area contributed by atoms with Crippen molar-refractivity contribution in [2.75, 3.05) is 7.11 Å². The third kappa shape index (κ3) is 5.95. The van der Waals surface area contributed by atoms with Gasteiger partial charge in [0.1, 0.15) is 18.2 Å². The summed E-state index contributed by atoms with van der Waals surface area (Å²) in [5, 5.41) is 21.9. The van der Waals surface area contributed by atoms with Gasteiger partial charge < -0.3 is 14.8 Å². The lowest BCUT2D eigenvalue weighted by Gasteiger charge is -2.15. The highest BCUT2D eigenvalue weighted by Gasteiger charge is 2.16. The van der Waals surface area contributed by atoms with Gasteiger partial charge >= 0.3 is 0 Å². The van der Waals surface area contributed by atoms with Crippen LogP contribution in [0.25, 0.3) is 6.08 Å².